The monoisotopic (exact) mass is 213 g/mol. The predicted molar refractivity (Wildman–Crippen MR) is 44.6 cm³/mol. The Morgan fingerprint density at radius 3 is 2.29 bits per heavy atom. The third kappa shape index (κ3) is 6.71. The minimum atomic E-state index is -4.50. The van der Waals surface area contributed by atoms with E-state index in [0.29, 0.717) is 6.42 Å². The van der Waals surface area contributed by atoms with Crippen LogP contribution in [0.2, 0.25) is 0 Å². The van der Waals surface area contributed by atoms with Gasteiger partial charge in [0.2, 0.25) is 5.91 Å². The molecule has 0 radical (unpaired) electrons. The van der Waals surface area contributed by atoms with Crippen molar-refractivity contribution in [2.45, 2.75) is 38.5 Å². The van der Waals surface area contributed by atoms with E-state index < -0.39 is 24.1 Å². The highest BCUT2D eigenvalue weighted by atomic mass is 19.4. The van der Waals surface area contributed by atoms with E-state index in [-0.39, 0.29) is 6.54 Å². The van der Waals surface area contributed by atoms with Crippen LogP contribution in [-0.2, 0) is 4.79 Å². The minimum Gasteiger partial charge on any atom is -0.388 e. The summed E-state index contributed by atoms with van der Waals surface area (Å²) in [6.07, 6.45) is -5.64. The first kappa shape index (κ1) is 13.2. The first-order valence-corrected chi connectivity index (χ1v) is 4.22. The zero-order valence-corrected chi connectivity index (χ0v) is 8.11. The van der Waals surface area contributed by atoms with Crippen LogP contribution in [-0.4, -0.2) is 29.3 Å². The van der Waals surface area contributed by atoms with Gasteiger partial charge in [-0.3, -0.25) is 4.79 Å². The lowest BCUT2D eigenvalue weighted by Gasteiger charge is -2.21. The zero-order valence-electron chi connectivity index (χ0n) is 8.11. The fourth-order valence-corrected chi connectivity index (χ4v) is 0.659. The Labute approximate surface area is 80.3 Å². The largest absolute Gasteiger partial charge is 0.397 e. The van der Waals surface area contributed by atoms with Crippen molar-refractivity contribution < 1.29 is 23.1 Å². The molecular formula is C8H14F3NO2. The topological polar surface area (TPSA) is 49.3 Å². The number of carbonyl (C=O) groups is 1. The van der Waals surface area contributed by atoms with Gasteiger partial charge in [-0.1, -0.05) is 6.92 Å². The van der Waals surface area contributed by atoms with Crippen LogP contribution in [0.1, 0.15) is 26.7 Å². The molecule has 0 saturated heterocycles. The molecule has 0 aromatic carbocycles. The van der Waals surface area contributed by atoms with E-state index in [1.807, 2.05) is 5.32 Å². The number of hydrogen-bond acceptors (Lipinski definition) is 2. The van der Waals surface area contributed by atoms with Crippen molar-refractivity contribution in [2.75, 3.05) is 6.54 Å². The predicted octanol–water partition coefficient (Wildman–Crippen LogP) is 1.22. The molecule has 1 atom stereocenters. The fourth-order valence-electron chi connectivity index (χ4n) is 0.659. The Morgan fingerprint density at radius 2 is 1.93 bits per heavy atom. The Balaban J connectivity index is 3.87. The smallest absolute Gasteiger partial charge is 0.388 e. The average molecular weight is 213 g/mol. The SMILES string of the molecule is CCC(C)(O)CNC(=O)CC(F)(F)F. The number of carbonyl (C=O) groups excluding carboxylic acids is 1. The highest BCUT2D eigenvalue weighted by Crippen LogP contribution is 2.19. The second kappa shape index (κ2) is 4.63. The maximum Gasteiger partial charge on any atom is 0.397 e. The molecule has 0 spiro atoms. The van der Waals surface area contributed by atoms with Crippen molar-refractivity contribution in [3.8, 4) is 0 Å². The van der Waals surface area contributed by atoms with Gasteiger partial charge in [-0.25, -0.2) is 0 Å². The lowest BCUT2D eigenvalue weighted by atomic mass is 10.0. The van der Waals surface area contributed by atoms with E-state index in [9.17, 15) is 23.1 Å². The number of hydrogen-bond donors (Lipinski definition) is 2. The van der Waals surface area contributed by atoms with E-state index in [0.717, 1.165) is 0 Å². The zero-order chi connectivity index (χ0) is 11.4. The molecule has 1 unspecified atom stereocenters. The van der Waals surface area contributed by atoms with Gasteiger partial charge in [-0.05, 0) is 13.3 Å². The molecule has 0 fully saturated rings. The van der Waals surface area contributed by atoms with Crippen molar-refractivity contribution in [3.05, 3.63) is 0 Å². The van der Waals surface area contributed by atoms with E-state index >= 15 is 0 Å². The van der Waals surface area contributed by atoms with Gasteiger partial charge in [-0.15, -0.1) is 0 Å². The van der Waals surface area contributed by atoms with Gasteiger partial charge in [0.1, 0.15) is 6.42 Å². The van der Waals surface area contributed by atoms with Crippen LogP contribution < -0.4 is 5.32 Å². The van der Waals surface area contributed by atoms with Crippen LogP contribution >= 0.6 is 0 Å². The third-order valence-corrected chi connectivity index (χ3v) is 1.79. The van der Waals surface area contributed by atoms with Gasteiger partial charge in [0.15, 0.2) is 0 Å². The average Bonchev–Trinajstić information content (AvgIpc) is 1.98. The number of amides is 1. The van der Waals surface area contributed by atoms with Gasteiger partial charge in [0.05, 0.1) is 5.60 Å². The van der Waals surface area contributed by atoms with Crippen molar-refractivity contribution in [2.24, 2.45) is 0 Å². The molecule has 14 heavy (non-hydrogen) atoms. The van der Waals surface area contributed by atoms with Gasteiger partial charge >= 0.3 is 6.18 Å². The Hall–Kier alpha value is -0.780. The van der Waals surface area contributed by atoms with Crippen LogP contribution in [0, 0.1) is 0 Å². The summed E-state index contributed by atoms with van der Waals surface area (Å²) in [7, 11) is 0. The molecule has 0 aromatic heterocycles. The first-order valence-electron chi connectivity index (χ1n) is 4.22. The number of alkyl halides is 3. The number of aliphatic hydroxyl groups is 1. The molecule has 0 aliphatic rings. The number of halogens is 3. The Morgan fingerprint density at radius 1 is 1.43 bits per heavy atom. The molecule has 2 N–H and O–H groups in total. The molecule has 0 aromatic rings. The van der Waals surface area contributed by atoms with Crippen LogP contribution in [0.4, 0.5) is 13.2 Å². The van der Waals surface area contributed by atoms with Crippen molar-refractivity contribution in [1.82, 2.24) is 5.32 Å². The maximum atomic E-state index is 11.7. The van der Waals surface area contributed by atoms with Gasteiger partial charge in [-0.2, -0.15) is 13.2 Å². The minimum absolute atomic E-state index is 0.168. The highest BCUT2D eigenvalue weighted by Gasteiger charge is 2.31. The van der Waals surface area contributed by atoms with E-state index in [4.69, 9.17) is 0 Å². The second-order valence-corrected chi connectivity index (χ2v) is 3.42. The van der Waals surface area contributed by atoms with Crippen LogP contribution in [0.25, 0.3) is 0 Å². The number of rotatable bonds is 4. The van der Waals surface area contributed by atoms with Crippen molar-refractivity contribution in [3.63, 3.8) is 0 Å². The summed E-state index contributed by atoms with van der Waals surface area (Å²) in [5, 5.41) is 11.4. The summed E-state index contributed by atoms with van der Waals surface area (Å²) in [4.78, 5) is 10.7. The Kier molecular flexibility index (Phi) is 4.38. The molecule has 0 heterocycles. The molecule has 0 bridgehead atoms. The summed E-state index contributed by atoms with van der Waals surface area (Å²) in [6.45, 7) is 2.95. The van der Waals surface area contributed by atoms with Crippen molar-refractivity contribution >= 4 is 5.91 Å². The summed E-state index contributed by atoms with van der Waals surface area (Å²) < 4.78 is 35.1. The summed E-state index contributed by atoms with van der Waals surface area (Å²) in [6, 6.07) is 0. The molecule has 3 nitrogen and oxygen atoms in total. The molecule has 1 amide bonds. The molecule has 0 aliphatic carbocycles. The standard InChI is InChI=1S/C8H14F3NO2/c1-3-7(2,14)5-12-6(13)4-8(9,10)11/h14H,3-5H2,1-2H3,(H,12,13). The van der Waals surface area contributed by atoms with E-state index in [1.165, 1.54) is 6.92 Å². The van der Waals surface area contributed by atoms with E-state index in [2.05, 4.69) is 0 Å². The summed E-state index contributed by atoms with van der Waals surface area (Å²) >= 11 is 0. The van der Waals surface area contributed by atoms with Gasteiger partial charge < -0.3 is 10.4 Å². The molecule has 84 valence electrons. The molecule has 0 aliphatic heterocycles. The summed E-state index contributed by atoms with van der Waals surface area (Å²) in [5.41, 5.74) is -1.15. The lowest BCUT2D eigenvalue weighted by molar-refractivity contribution is -0.154. The molecule has 6 heteroatoms. The maximum absolute atomic E-state index is 11.7. The molecular weight excluding hydrogens is 199 g/mol. The van der Waals surface area contributed by atoms with E-state index in [1.54, 1.807) is 6.92 Å². The lowest BCUT2D eigenvalue weighted by Crippen LogP contribution is -2.41. The normalized spacial score (nSPS) is 16.1. The quantitative estimate of drug-likeness (QED) is 0.737. The van der Waals surface area contributed by atoms with Crippen molar-refractivity contribution in [1.29, 1.82) is 0 Å². The highest BCUT2D eigenvalue weighted by molar-refractivity contribution is 5.76. The second-order valence-electron chi connectivity index (χ2n) is 3.42. The molecule has 0 saturated carbocycles. The van der Waals surface area contributed by atoms with Gasteiger partial charge in [0, 0.05) is 6.54 Å². The Bertz CT molecular complexity index is 201. The third-order valence-electron chi connectivity index (χ3n) is 1.79. The molecule has 0 rings (SSSR count). The van der Waals surface area contributed by atoms with Crippen LogP contribution in [0.15, 0.2) is 0 Å². The van der Waals surface area contributed by atoms with Crippen LogP contribution in [0.3, 0.4) is 0 Å². The first-order chi connectivity index (χ1) is 6.16. The fraction of sp³-hybridized carbons (Fsp3) is 0.875. The number of nitrogens with one attached hydrogen (secondary N) is 1. The van der Waals surface area contributed by atoms with Crippen LogP contribution in [0.5, 0.6) is 0 Å². The summed E-state index contributed by atoms with van der Waals surface area (Å²) in [5.74, 6) is -1.12. The van der Waals surface area contributed by atoms with Gasteiger partial charge in [0.25, 0.3) is 0 Å².